The van der Waals surface area contributed by atoms with Gasteiger partial charge >= 0.3 is 0 Å². The first-order valence-corrected chi connectivity index (χ1v) is 7.14. The van der Waals surface area contributed by atoms with E-state index in [0.29, 0.717) is 34.2 Å². The van der Waals surface area contributed by atoms with Crippen molar-refractivity contribution in [2.24, 2.45) is 0 Å². The molecule has 0 bridgehead atoms. The van der Waals surface area contributed by atoms with Gasteiger partial charge in [-0.25, -0.2) is 4.39 Å². The van der Waals surface area contributed by atoms with Crippen molar-refractivity contribution in [1.82, 2.24) is 4.90 Å². The third-order valence-corrected chi connectivity index (χ3v) is 3.65. The van der Waals surface area contributed by atoms with Crippen molar-refractivity contribution in [2.45, 2.75) is 6.54 Å². The van der Waals surface area contributed by atoms with Gasteiger partial charge in [-0.15, -0.1) is 0 Å². The molecule has 0 aliphatic heterocycles. The Balaban J connectivity index is 2.22. The minimum atomic E-state index is -0.364. The molecule has 23 heavy (non-hydrogen) atoms. The van der Waals surface area contributed by atoms with Gasteiger partial charge in [-0.1, -0.05) is 12.1 Å². The number of nitrogens with zero attached hydrogens (tertiary/aromatic N) is 1. The van der Waals surface area contributed by atoms with Gasteiger partial charge in [0.2, 0.25) is 5.43 Å². The molecule has 0 aliphatic carbocycles. The van der Waals surface area contributed by atoms with Crippen molar-refractivity contribution >= 4 is 11.0 Å². The second-order valence-corrected chi connectivity index (χ2v) is 5.66. The van der Waals surface area contributed by atoms with Gasteiger partial charge in [-0.3, -0.25) is 4.79 Å². The molecule has 118 valence electrons. The summed E-state index contributed by atoms with van der Waals surface area (Å²) in [6, 6.07) is 8.71. The number of halogens is 1. The lowest BCUT2D eigenvalue weighted by molar-refractivity contribution is 0.384. The molecule has 0 saturated heterocycles. The van der Waals surface area contributed by atoms with E-state index in [9.17, 15) is 14.3 Å². The topological polar surface area (TPSA) is 53.7 Å². The number of rotatable bonds is 3. The van der Waals surface area contributed by atoms with Crippen molar-refractivity contribution in [3.63, 3.8) is 0 Å². The third kappa shape index (κ3) is 2.83. The lowest BCUT2D eigenvalue weighted by Crippen LogP contribution is -2.12. The zero-order valence-electron chi connectivity index (χ0n) is 12.8. The minimum Gasteiger partial charge on any atom is -0.507 e. The van der Waals surface area contributed by atoms with Gasteiger partial charge in [0.15, 0.2) is 0 Å². The predicted molar refractivity (Wildman–Crippen MR) is 86.9 cm³/mol. The Bertz CT molecular complexity index is 914. The quantitative estimate of drug-likeness (QED) is 0.805. The van der Waals surface area contributed by atoms with E-state index in [1.165, 1.54) is 36.6 Å². The predicted octanol–water partition coefficient (Wildman–Crippen LogP) is 3.37. The molecule has 0 saturated carbocycles. The van der Waals surface area contributed by atoms with Crippen molar-refractivity contribution in [2.75, 3.05) is 14.1 Å². The molecule has 0 fully saturated rings. The fourth-order valence-corrected chi connectivity index (χ4v) is 2.54. The Labute approximate surface area is 132 Å². The van der Waals surface area contributed by atoms with Gasteiger partial charge in [0.05, 0.1) is 16.5 Å². The molecule has 0 spiro atoms. The lowest BCUT2D eigenvalue weighted by Gasteiger charge is -2.13. The summed E-state index contributed by atoms with van der Waals surface area (Å²) in [5.41, 5.74) is 1.67. The first-order chi connectivity index (χ1) is 11.0. The molecule has 1 aromatic heterocycles. The highest BCUT2D eigenvalue weighted by atomic mass is 19.1. The highest BCUT2D eigenvalue weighted by Crippen LogP contribution is 2.28. The number of hydrogen-bond acceptors (Lipinski definition) is 4. The van der Waals surface area contributed by atoms with Crippen molar-refractivity contribution < 1.29 is 13.9 Å². The lowest BCUT2D eigenvalue weighted by atomic mass is 10.0. The van der Waals surface area contributed by atoms with Gasteiger partial charge < -0.3 is 14.4 Å². The van der Waals surface area contributed by atoms with Crippen LogP contribution < -0.4 is 5.43 Å². The van der Waals surface area contributed by atoms with Gasteiger partial charge in [0, 0.05) is 6.54 Å². The van der Waals surface area contributed by atoms with Crippen LogP contribution >= 0.6 is 0 Å². The summed E-state index contributed by atoms with van der Waals surface area (Å²) in [6.07, 6.45) is 1.36. The van der Waals surface area contributed by atoms with Crippen LogP contribution in [0.4, 0.5) is 4.39 Å². The molecule has 0 aliphatic rings. The Morgan fingerprint density at radius 3 is 2.48 bits per heavy atom. The van der Waals surface area contributed by atoms with Crippen LogP contribution in [-0.2, 0) is 6.54 Å². The average molecular weight is 313 g/mol. The summed E-state index contributed by atoms with van der Waals surface area (Å²) >= 11 is 0. The molecule has 2 aromatic carbocycles. The molecule has 3 rings (SSSR count). The molecule has 1 N–H and O–H groups in total. The standard InChI is InChI=1S/C18H16FNO3/c1-20(2)9-14-16(21)8-7-13-17(22)15(10-23-18(13)14)11-3-5-12(19)6-4-11/h3-8,10,21H,9H2,1-2H3. The molecule has 0 amide bonds. The summed E-state index contributed by atoms with van der Waals surface area (Å²) < 4.78 is 18.7. The number of fused-ring (bicyclic) bond motifs is 1. The molecule has 0 unspecified atom stereocenters. The monoisotopic (exact) mass is 313 g/mol. The van der Waals surface area contributed by atoms with Crippen molar-refractivity contribution in [3.05, 3.63) is 64.3 Å². The first-order valence-electron chi connectivity index (χ1n) is 7.14. The van der Waals surface area contributed by atoms with Crippen LogP contribution in [0.15, 0.2) is 51.9 Å². The Hall–Kier alpha value is -2.66. The van der Waals surface area contributed by atoms with Crippen molar-refractivity contribution in [3.8, 4) is 16.9 Å². The van der Waals surface area contributed by atoms with Gasteiger partial charge in [0.25, 0.3) is 0 Å². The van der Waals surface area contributed by atoms with Crippen molar-refractivity contribution in [1.29, 1.82) is 0 Å². The Kier molecular flexibility index (Phi) is 3.88. The molecule has 5 heteroatoms. The van der Waals surface area contributed by atoms with E-state index >= 15 is 0 Å². The summed E-state index contributed by atoms with van der Waals surface area (Å²) in [5.74, 6) is -0.277. The van der Waals surface area contributed by atoms with E-state index in [1.54, 1.807) is 6.07 Å². The average Bonchev–Trinajstić information content (AvgIpc) is 2.51. The molecular formula is C18H16FNO3. The maximum atomic E-state index is 13.0. The fraction of sp³-hybridized carbons (Fsp3) is 0.167. The molecular weight excluding hydrogens is 297 g/mol. The Morgan fingerprint density at radius 1 is 1.13 bits per heavy atom. The van der Waals surface area contributed by atoms with Crippen LogP contribution in [0.5, 0.6) is 5.75 Å². The number of aromatic hydroxyl groups is 1. The normalized spacial score (nSPS) is 11.3. The summed E-state index contributed by atoms with van der Waals surface area (Å²) in [4.78, 5) is 14.6. The number of hydrogen-bond donors (Lipinski definition) is 1. The van der Waals surface area contributed by atoms with E-state index in [0.717, 1.165) is 0 Å². The van der Waals surface area contributed by atoms with Gasteiger partial charge in [-0.05, 0) is 43.9 Å². The SMILES string of the molecule is CN(C)Cc1c(O)ccc2c(=O)c(-c3ccc(F)cc3)coc12. The highest BCUT2D eigenvalue weighted by Gasteiger charge is 2.15. The molecule has 1 heterocycles. The van der Waals surface area contributed by atoms with Gasteiger partial charge in [-0.2, -0.15) is 0 Å². The van der Waals surface area contributed by atoms with Crippen LogP contribution in [0.3, 0.4) is 0 Å². The molecule has 4 nitrogen and oxygen atoms in total. The van der Waals surface area contributed by atoms with Gasteiger partial charge in [0.1, 0.15) is 23.4 Å². The summed E-state index contributed by atoms with van der Waals surface area (Å²) in [7, 11) is 3.73. The van der Waals surface area contributed by atoms with E-state index in [-0.39, 0.29) is 17.0 Å². The molecule has 0 atom stereocenters. The number of benzene rings is 2. The van der Waals surface area contributed by atoms with E-state index < -0.39 is 0 Å². The minimum absolute atomic E-state index is 0.0869. The second-order valence-electron chi connectivity index (χ2n) is 5.66. The zero-order chi connectivity index (χ0) is 16.6. The van der Waals surface area contributed by atoms with Crippen LogP contribution in [-0.4, -0.2) is 24.1 Å². The third-order valence-electron chi connectivity index (χ3n) is 3.65. The number of phenols is 1. The number of phenolic OH excluding ortho intramolecular Hbond substituents is 1. The largest absolute Gasteiger partial charge is 0.507 e. The fourth-order valence-electron chi connectivity index (χ4n) is 2.54. The highest BCUT2D eigenvalue weighted by molar-refractivity contribution is 5.85. The summed E-state index contributed by atoms with van der Waals surface area (Å²) in [6.45, 7) is 0.446. The zero-order valence-corrected chi connectivity index (χ0v) is 12.8. The van der Waals surface area contributed by atoms with Crippen LogP contribution in [0.2, 0.25) is 0 Å². The van der Waals surface area contributed by atoms with E-state index in [1.807, 2.05) is 19.0 Å². The maximum absolute atomic E-state index is 13.0. The smallest absolute Gasteiger partial charge is 0.200 e. The van der Waals surface area contributed by atoms with E-state index in [4.69, 9.17) is 4.42 Å². The van der Waals surface area contributed by atoms with Crippen LogP contribution in [0.1, 0.15) is 5.56 Å². The molecule has 3 aromatic rings. The second kappa shape index (κ2) is 5.85. The van der Waals surface area contributed by atoms with Crippen LogP contribution in [0, 0.1) is 5.82 Å². The van der Waals surface area contributed by atoms with Crippen LogP contribution in [0.25, 0.3) is 22.1 Å². The maximum Gasteiger partial charge on any atom is 0.200 e. The Morgan fingerprint density at radius 2 is 1.83 bits per heavy atom. The summed E-state index contributed by atoms with van der Waals surface area (Å²) in [5, 5.41) is 10.4. The molecule has 0 radical (unpaired) electrons. The van der Waals surface area contributed by atoms with E-state index in [2.05, 4.69) is 0 Å². The first kappa shape index (κ1) is 15.2.